The van der Waals surface area contributed by atoms with Gasteiger partial charge in [0.1, 0.15) is 6.07 Å². The molecule has 0 aliphatic carbocycles. The molecule has 0 N–H and O–H groups in total. The van der Waals surface area contributed by atoms with Gasteiger partial charge >= 0.3 is 0 Å². The number of rotatable bonds is 3. The first-order chi connectivity index (χ1) is 13.2. The van der Waals surface area contributed by atoms with Crippen molar-refractivity contribution in [3.63, 3.8) is 0 Å². The zero-order valence-electron chi connectivity index (χ0n) is 14.8. The van der Waals surface area contributed by atoms with E-state index in [0.29, 0.717) is 17.1 Å². The second-order valence-electron chi connectivity index (χ2n) is 6.06. The number of carbonyl (C=O) groups excluding carboxylic acids is 1. The Morgan fingerprint density at radius 3 is 1.70 bits per heavy atom. The van der Waals surface area contributed by atoms with Crippen LogP contribution in [0.2, 0.25) is 0 Å². The molecule has 0 radical (unpaired) electrons. The van der Waals surface area contributed by atoms with Crippen molar-refractivity contribution in [3.05, 3.63) is 83.2 Å². The lowest BCUT2D eigenvalue weighted by Gasteiger charge is -2.10. The molecule has 3 nitrogen and oxygen atoms in total. The third kappa shape index (κ3) is 3.54. The van der Waals surface area contributed by atoms with Gasteiger partial charge in [0.05, 0.1) is 11.6 Å². The molecule has 27 heavy (non-hydrogen) atoms. The first-order valence-corrected chi connectivity index (χ1v) is 8.45. The molecule has 0 aromatic heterocycles. The topological polar surface area (TPSA) is 64.7 Å². The van der Waals surface area contributed by atoms with Gasteiger partial charge in [-0.05, 0) is 46.5 Å². The van der Waals surface area contributed by atoms with Crippen LogP contribution in [0.4, 0.5) is 0 Å². The Balaban J connectivity index is 2.55. The number of benzene rings is 3. The maximum Gasteiger partial charge on any atom is 0.161 e. The van der Waals surface area contributed by atoms with Crippen LogP contribution in [-0.2, 0) is 4.79 Å². The van der Waals surface area contributed by atoms with Crippen molar-refractivity contribution in [1.29, 1.82) is 10.5 Å². The van der Waals surface area contributed by atoms with E-state index in [1.54, 1.807) is 6.92 Å². The molecule has 0 saturated carbocycles. The summed E-state index contributed by atoms with van der Waals surface area (Å²) < 4.78 is 0. The Hall–Kier alpha value is -3.95. The number of carbonyl (C=O) groups is 1. The zero-order chi connectivity index (χ0) is 19.2. The average molecular weight is 348 g/mol. The fraction of sp³-hybridized carbons (Fsp3) is 0.0417. The van der Waals surface area contributed by atoms with E-state index in [2.05, 4.69) is 6.07 Å². The Kier molecular flexibility index (Phi) is 5.26. The van der Waals surface area contributed by atoms with Crippen LogP contribution in [0, 0.1) is 22.7 Å². The largest absolute Gasteiger partial charge is 0.297 e. The van der Waals surface area contributed by atoms with E-state index in [0.717, 1.165) is 27.5 Å². The summed E-state index contributed by atoms with van der Waals surface area (Å²) in [5.41, 5.74) is 4.01. The molecule has 3 heteroatoms. The molecule has 0 saturated heterocycles. The Morgan fingerprint density at radius 1 is 0.778 bits per heavy atom. The highest BCUT2D eigenvalue weighted by Gasteiger charge is 2.10. The van der Waals surface area contributed by atoms with E-state index >= 15 is 0 Å². The normalized spacial score (nSPS) is 12.4. The summed E-state index contributed by atoms with van der Waals surface area (Å²) in [5, 5.41) is 20.3. The smallest absolute Gasteiger partial charge is 0.161 e. The molecule has 0 heterocycles. The van der Waals surface area contributed by atoms with E-state index in [9.17, 15) is 15.3 Å². The molecule has 128 valence electrons. The number of nitriles is 2. The van der Waals surface area contributed by atoms with Crippen molar-refractivity contribution in [1.82, 2.24) is 0 Å². The van der Waals surface area contributed by atoms with Gasteiger partial charge in [-0.15, -0.1) is 0 Å². The highest BCUT2D eigenvalue weighted by Crippen LogP contribution is 2.19. The molecule has 3 rings (SSSR count). The summed E-state index contributed by atoms with van der Waals surface area (Å²) in [7, 11) is 0. The first kappa shape index (κ1) is 17.9. The van der Waals surface area contributed by atoms with Crippen LogP contribution in [0.1, 0.15) is 6.92 Å². The van der Waals surface area contributed by atoms with E-state index in [1.165, 1.54) is 0 Å². The van der Waals surface area contributed by atoms with Crippen LogP contribution in [-0.4, -0.2) is 6.29 Å². The number of hydrogen-bond acceptors (Lipinski definition) is 3. The summed E-state index contributed by atoms with van der Waals surface area (Å²) in [6.07, 6.45) is 0.580. The summed E-state index contributed by atoms with van der Waals surface area (Å²) in [6, 6.07) is 27.1. The van der Waals surface area contributed by atoms with Crippen LogP contribution in [0.3, 0.4) is 0 Å². The standard InChI is InChI=1S/C24H16N2O/c1-17(14-25)21-12-23(19-10-6-3-7-11-19)24(20(15-26)16-27)13-22(21)18-8-4-2-5-9-18/h2-13,16H,1H3/b21-17+,24-20-. The van der Waals surface area contributed by atoms with E-state index in [-0.39, 0.29) is 5.57 Å². The number of aldehydes is 1. The first-order valence-electron chi connectivity index (χ1n) is 8.45. The Bertz CT molecular complexity index is 1200. The van der Waals surface area contributed by atoms with Gasteiger partial charge in [-0.25, -0.2) is 0 Å². The molecule has 0 atom stereocenters. The van der Waals surface area contributed by atoms with Crippen molar-refractivity contribution in [2.24, 2.45) is 0 Å². The summed E-state index contributed by atoms with van der Waals surface area (Å²) >= 11 is 0. The highest BCUT2D eigenvalue weighted by molar-refractivity contribution is 6.06. The number of hydrogen-bond donors (Lipinski definition) is 0. The molecule has 0 unspecified atom stereocenters. The van der Waals surface area contributed by atoms with Crippen molar-refractivity contribution in [2.75, 3.05) is 0 Å². The summed E-state index contributed by atoms with van der Waals surface area (Å²) in [5.74, 6) is 0. The second-order valence-corrected chi connectivity index (χ2v) is 6.06. The Morgan fingerprint density at radius 2 is 1.26 bits per heavy atom. The number of nitrogens with zero attached hydrogens (tertiary/aromatic N) is 2. The van der Waals surface area contributed by atoms with Gasteiger partial charge in [0.25, 0.3) is 0 Å². The third-order valence-electron chi connectivity index (χ3n) is 4.43. The quantitative estimate of drug-likeness (QED) is 0.680. The van der Waals surface area contributed by atoms with E-state index in [1.807, 2.05) is 78.9 Å². The van der Waals surface area contributed by atoms with Gasteiger partial charge in [0.2, 0.25) is 0 Å². The highest BCUT2D eigenvalue weighted by atomic mass is 16.1. The lowest BCUT2D eigenvalue weighted by Crippen LogP contribution is -2.19. The Labute approximate surface area is 157 Å². The maximum absolute atomic E-state index is 11.5. The third-order valence-corrected chi connectivity index (χ3v) is 4.43. The molecule has 3 aromatic rings. The van der Waals surface area contributed by atoms with Crippen LogP contribution in [0.5, 0.6) is 0 Å². The van der Waals surface area contributed by atoms with Crippen LogP contribution >= 0.6 is 0 Å². The summed E-state index contributed by atoms with van der Waals surface area (Å²) in [4.78, 5) is 11.5. The predicted octanol–water partition coefficient (Wildman–Crippen LogP) is 3.59. The van der Waals surface area contributed by atoms with Gasteiger partial charge in [0.15, 0.2) is 6.29 Å². The minimum absolute atomic E-state index is 0.0622. The van der Waals surface area contributed by atoms with Gasteiger partial charge in [-0.2, -0.15) is 10.5 Å². The molecule has 0 aliphatic heterocycles. The molecule has 0 aliphatic rings. The minimum Gasteiger partial charge on any atom is -0.297 e. The van der Waals surface area contributed by atoms with Crippen LogP contribution in [0.25, 0.3) is 33.4 Å². The van der Waals surface area contributed by atoms with Crippen LogP contribution in [0.15, 0.2) is 72.8 Å². The molecule has 0 fully saturated rings. The van der Waals surface area contributed by atoms with Gasteiger partial charge in [-0.3, -0.25) is 4.79 Å². The zero-order valence-corrected chi connectivity index (χ0v) is 14.8. The average Bonchev–Trinajstić information content (AvgIpc) is 2.75. The van der Waals surface area contributed by atoms with Crippen molar-refractivity contribution < 1.29 is 4.79 Å². The van der Waals surface area contributed by atoms with Crippen molar-refractivity contribution in [2.45, 2.75) is 6.92 Å². The van der Waals surface area contributed by atoms with Gasteiger partial charge in [0, 0.05) is 10.8 Å². The van der Waals surface area contributed by atoms with Crippen molar-refractivity contribution in [3.8, 4) is 34.4 Å². The lowest BCUT2D eigenvalue weighted by molar-refractivity contribution is -0.103. The fourth-order valence-electron chi connectivity index (χ4n) is 3.06. The molecule has 3 aromatic carbocycles. The van der Waals surface area contributed by atoms with Crippen molar-refractivity contribution >= 4 is 17.4 Å². The SMILES string of the molecule is C/C(C#N)=c1/cc(-c2ccccc2)/c(=C(/C#N)C=O)cc1-c1ccccc1. The predicted molar refractivity (Wildman–Crippen MR) is 106 cm³/mol. The lowest BCUT2D eigenvalue weighted by atomic mass is 9.92. The van der Waals surface area contributed by atoms with Gasteiger partial charge in [-0.1, -0.05) is 60.7 Å². The molecule has 0 amide bonds. The molecular formula is C24H16N2O. The second kappa shape index (κ2) is 7.95. The fourth-order valence-corrected chi connectivity index (χ4v) is 3.06. The van der Waals surface area contributed by atoms with E-state index in [4.69, 9.17) is 0 Å². The molecule has 0 bridgehead atoms. The monoisotopic (exact) mass is 348 g/mol. The van der Waals surface area contributed by atoms with Gasteiger partial charge < -0.3 is 0 Å². The maximum atomic E-state index is 11.5. The minimum atomic E-state index is 0.0622. The molecule has 0 spiro atoms. The van der Waals surface area contributed by atoms with Crippen LogP contribution < -0.4 is 10.4 Å². The molecular weight excluding hydrogens is 332 g/mol. The summed E-state index contributed by atoms with van der Waals surface area (Å²) in [6.45, 7) is 1.77. The van der Waals surface area contributed by atoms with E-state index < -0.39 is 0 Å².